The molecule has 1 aromatic carbocycles. The molecule has 0 spiro atoms. The molecule has 0 saturated heterocycles. The molecule has 28 heavy (non-hydrogen) atoms. The molecule has 0 unspecified atom stereocenters. The molecule has 0 heterocycles. The van der Waals surface area contributed by atoms with Crippen LogP contribution < -0.4 is 10.1 Å². The second-order valence-corrected chi connectivity index (χ2v) is 7.18. The molecule has 0 bridgehead atoms. The minimum Gasteiger partial charge on any atom is -0.491 e. The summed E-state index contributed by atoms with van der Waals surface area (Å²) in [5.74, 6) is 0.597. The topological polar surface area (TPSA) is 86.3 Å². The van der Waals surface area contributed by atoms with E-state index in [1.54, 1.807) is 31.3 Å². The highest BCUT2D eigenvalue weighted by atomic mass is 16.6. The number of benzene rings is 1. The Bertz CT molecular complexity index is 598. The van der Waals surface area contributed by atoms with Crippen molar-refractivity contribution in [2.75, 3.05) is 51.9 Å². The van der Waals surface area contributed by atoms with Crippen LogP contribution in [0.5, 0.6) is 5.75 Å². The number of amides is 2. The lowest BCUT2D eigenvalue weighted by molar-refractivity contribution is -0.114. The number of hydrogen-bond acceptors (Lipinski definition) is 6. The summed E-state index contributed by atoms with van der Waals surface area (Å²) in [5, 5.41) is 2.69. The number of nitrogens with one attached hydrogen (secondary N) is 1. The summed E-state index contributed by atoms with van der Waals surface area (Å²) in [6, 6.07) is 7.13. The number of nitrogens with zero attached hydrogens (tertiary/aromatic N) is 1. The molecule has 0 atom stereocenters. The monoisotopic (exact) mass is 396 g/mol. The van der Waals surface area contributed by atoms with Gasteiger partial charge >= 0.3 is 6.09 Å². The standard InChI is InChI=1S/C20H32N2O6/c1-16(23)21-17-6-8-18(9-7-17)27-15-14-26-13-12-25-11-10-22(5)19(24)28-20(2,3)4/h6-9H,10-15H2,1-5H3,(H,21,23). The van der Waals surface area contributed by atoms with E-state index in [0.717, 1.165) is 5.69 Å². The Labute approximate surface area is 167 Å². The number of ether oxygens (including phenoxy) is 4. The van der Waals surface area contributed by atoms with Gasteiger partial charge in [-0.25, -0.2) is 4.79 Å². The molecule has 0 saturated carbocycles. The van der Waals surface area contributed by atoms with Crippen LogP contribution >= 0.6 is 0 Å². The molecule has 2 amide bonds. The number of hydrogen-bond donors (Lipinski definition) is 1. The van der Waals surface area contributed by atoms with E-state index < -0.39 is 5.60 Å². The Morgan fingerprint density at radius 1 is 0.964 bits per heavy atom. The molecule has 1 aromatic rings. The molecular formula is C20H32N2O6. The van der Waals surface area contributed by atoms with Gasteiger partial charge in [-0.15, -0.1) is 0 Å². The Morgan fingerprint density at radius 2 is 1.54 bits per heavy atom. The van der Waals surface area contributed by atoms with Gasteiger partial charge in [0.25, 0.3) is 0 Å². The zero-order chi connectivity index (χ0) is 21.0. The van der Waals surface area contributed by atoms with Crippen molar-refractivity contribution >= 4 is 17.7 Å². The zero-order valence-electron chi connectivity index (χ0n) is 17.4. The molecular weight excluding hydrogens is 364 g/mol. The van der Waals surface area contributed by atoms with Gasteiger partial charge in [-0.2, -0.15) is 0 Å². The van der Waals surface area contributed by atoms with Crippen LogP contribution in [0.4, 0.5) is 10.5 Å². The predicted octanol–water partition coefficient (Wildman–Crippen LogP) is 2.92. The van der Waals surface area contributed by atoms with Crippen LogP contribution in [-0.2, 0) is 19.0 Å². The fourth-order valence-electron chi connectivity index (χ4n) is 2.01. The van der Waals surface area contributed by atoms with Crippen molar-refractivity contribution in [3.8, 4) is 5.75 Å². The third-order valence-corrected chi connectivity index (χ3v) is 3.32. The number of rotatable bonds is 11. The molecule has 0 aromatic heterocycles. The average Bonchev–Trinajstić information content (AvgIpc) is 2.59. The maximum Gasteiger partial charge on any atom is 0.410 e. The van der Waals surface area contributed by atoms with Gasteiger partial charge in [0, 0.05) is 26.2 Å². The van der Waals surface area contributed by atoms with Gasteiger partial charge in [-0.1, -0.05) is 0 Å². The van der Waals surface area contributed by atoms with Gasteiger partial charge in [0.2, 0.25) is 5.91 Å². The predicted molar refractivity (Wildman–Crippen MR) is 107 cm³/mol. The summed E-state index contributed by atoms with van der Waals surface area (Å²) in [6.45, 7) is 9.56. The van der Waals surface area contributed by atoms with E-state index in [-0.39, 0.29) is 12.0 Å². The smallest absolute Gasteiger partial charge is 0.410 e. The van der Waals surface area contributed by atoms with Crippen molar-refractivity contribution < 1.29 is 28.5 Å². The molecule has 158 valence electrons. The first kappa shape index (κ1) is 23.7. The Kier molecular flexibility index (Phi) is 10.3. The van der Waals surface area contributed by atoms with Gasteiger partial charge in [-0.05, 0) is 45.0 Å². The Morgan fingerprint density at radius 3 is 2.11 bits per heavy atom. The van der Waals surface area contributed by atoms with Crippen LogP contribution in [0.2, 0.25) is 0 Å². The van der Waals surface area contributed by atoms with Crippen LogP contribution in [0.1, 0.15) is 27.7 Å². The van der Waals surface area contributed by atoms with E-state index in [0.29, 0.717) is 45.3 Å². The molecule has 0 aliphatic heterocycles. The average molecular weight is 396 g/mol. The molecule has 0 aliphatic carbocycles. The third kappa shape index (κ3) is 11.4. The van der Waals surface area contributed by atoms with E-state index in [1.807, 2.05) is 20.8 Å². The molecule has 8 heteroatoms. The van der Waals surface area contributed by atoms with E-state index in [1.165, 1.54) is 11.8 Å². The fraction of sp³-hybridized carbons (Fsp3) is 0.600. The first-order valence-electron chi connectivity index (χ1n) is 9.27. The van der Waals surface area contributed by atoms with Gasteiger partial charge in [-0.3, -0.25) is 4.79 Å². The highest BCUT2D eigenvalue weighted by molar-refractivity contribution is 5.88. The van der Waals surface area contributed by atoms with Crippen molar-refractivity contribution in [3.63, 3.8) is 0 Å². The fourth-order valence-corrected chi connectivity index (χ4v) is 2.01. The van der Waals surface area contributed by atoms with Crippen LogP contribution in [0.25, 0.3) is 0 Å². The minimum atomic E-state index is -0.504. The number of carbonyl (C=O) groups is 2. The summed E-state index contributed by atoms with van der Waals surface area (Å²) in [5.41, 5.74) is 0.223. The summed E-state index contributed by atoms with van der Waals surface area (Å²) in [6.07, 6.45) is -0.366. The SMILES string of the molecule is CC(=O)Nc1ccc(OCCOCCOCCN(C)C(=O)OC(C)(C)C)cc1. The van der Waals surface area contributed by atoms with Crippen molar-refractivity contribution in [1.29, 1.82) is 0 Å². The summed E-state index contributed by atoms with van der Waals surface area (Å²) < 4.78 is 21.7. The lowest BCUT2D eigenvalue weighted by atomic mass is 10.2. The van der Waals surface area contributed by atoms with Crippen LogP contribution in [0.3, 0.4) is 0 Å². The maximum atomic E-state index is 11.8. The maximum absolute atomic E-state index is 11.8. The Hall–Kier alpha value is -2.32. The molecule has 0 radical (unpaired) electrons. The Balaban J connectivity index is 2.02. The first-order valence-corrected chi connectivity index (χ1v) is 9.27. The van der Waals surface area contributed by atoms with E-state index >= 15 is 0 Å². The van der Waals surface area contributed by atoms with Crippen molar-refractivity contribution in [2.45, 2.75) is 33.3 Å². The van der Waals surface area contributed by atoms with Gasteiger partial charge in [0.05, 0.1) is 26.4 Å². The number of likely N-dealkylation sites (N-methyl/N-ethyl adjacent to an activating group) is 1. The largest absolute Gasteiger partial charge is 0.491 e. The highest BCUT2D eigenvalue weighted by Gasteiger charge is 2.19. The second kappa shape index (κ2) is 12.2. The molecule has 0 fully saturated rings. The quantitative estimate of drug-likeness (QED) is 0.579. The zero-order valence-corrected chi connectivity index (χ0v) is 17.4. The van der Waals surface area contributed by atoms with Crippen molar-refractivity contribution in [3.05, 3.63) is 24.3 Å². The van der Waals surface area contributed by atoms with E-state index in [2.05, 4.69) is 5.32 Å². The molecule has 0 aliphatic rings. The van der Waals surface area contributed by atoms with Crippen LogP contribution in [0, 0.1) is 0 Å². The highest BCUT2D eigenvalue weighted by Crippen LogP contribution is 2.15. The van der Waals surface area contributed by atoms with Crippen molar-refractivity contribution in [1.82, 2.24) is 4.90 Å². The van der Waals surface area contributed by atoms with Gasteiger partial charge < -0.3 is 29.2 Å². The third-order valence-electron chi connectivity index (χ3n) is 3.32. The lowest BCUT2D eigenvalue weighted by Crippen LogP contribution is -2.36. The summed E-state index contributed by atoms with van der Waals surface area (Å²) in [4.78, 5) is 24.2. The first-order chi connectivity index (χ1) is 13.2. The van der Waals surface area contributed by atoms with E-state index in [9.17, 15) is 9.59 Å². The minimum absolute atomic E-state index is 0.110. The summed E-state index contributed by atoms with van der Waals surface area (Å²) >= 11 is 0. The molecule has 1 rings (SSSR count). The summed E-state index contributed by atoms with van der Waals surface area (Å²) in [7, 11) is 1.67. The number of carbonyl (C=O) groups excluding carboxylic acids is 2. The van der Waals surface area contributed by atoms with Crippen LogP contribution in [0.15, 0.2) is 24.3 Å². The molecule has 8 nitrogen and oxygen atoms in total. The van der Waals surface area contributed by atoms with Gasteiger partial charge in [0.1, 0.15) is 18.0 Å². The van der Waals surface area contributed by atoms with Crippen molar-refractivity contribution in [2.24, 2.45) is 0 Å². The lowest BCUT2D eigenvalue weighted by Gasteiger charge is -2.24. The second-order valence-electron chi connectivity index (χ2n) is 7.18. The van der Waals surface area contributed by atoms with E-state index in [4.69, 9.17) is 18.9 Å². The van der Waals surface area contributed by atoms with Gasteiger partial charge in [0.15, 0.2) is 0 Å². The number of anilines is 1. The normalized spacial score (nSPS) is 11.0. The molecule has 1 N–H and O–H groups in total. The van der Waals surface area contributed by atoms with Crippen LogP contribution in [-0.4, -0.2) is 69.1 Å².